The van der Waals surface area contributed by atoms with Crippen molar-refractivity contribution in [2.45, 2.75) is 32.2 Å². The number of hydrogen-bond acceptors (Lipinski definition) is 2. The van der Waals surface area contributed by atoms with Crippen LogP contribution in [0.1, 0.15) is 26.2 Å². The molecule has 0 aromatic heterocycles. The van der Waals surface area contributed by atoms with Crippen LogP contribution in [-0.2, 0) is 4.79 Å². The van der Waals surface area contributed by atoms with Crippen molar-refractivity contribution in [1.29, 1.82) is 0 Å². The highest BCUT2D eigenvalue weighted by Crippen LogP contribution is 2.38. The van der Waals surface area contributed by atoms with Gasteiger partial charge in [0, 0.05) is 26.1 Å². The number of rotatable bonds is 3. The predicted octanol–water partition coefficient (Wildman–Crippen LogP) is 0.853. The molecule has 14 heavy (non-hydrogen) atoms. The molecule has 3 nitrogen and oxygen atoms in total. The molecule has 2 unspecified atom stereocenters. The Labute approximate surface area is 85.8 Å². The third kappa shape index (κ3) is 1.92. The molecule has 1 aliphatic carbocycles. The molecular formula is C11H20N2O. The van der Waals surface area contributed by atoms with Crippen LogP contribution in [0.25, 0.3) is 0 Å². The standard InChI is InChI=1S/C11H20N2O/c1-8(14)13-6-5-10(7-13)11(12-2)9-3-4-9/h9-12H,3-7H2,1-2H3. The fourth-order valence-corrected chi connectivity index (χ4v) is 2.68. The molecule has 2 aliphatic rings. The van der Waals surface area contributed by atoms with Gasteiger partial charge in [0.25, 0.3) is 0 Å². The second-order valence-corrected chi connectivity index (χ2v) is 4.67. The van der Waals surface area contributed by atoms with Gasteiger partial charge in [-0.3, -0.25) is 4.79 Å². The highest BCUT2D eigenvalue weighted by atomic mass is 16.2. The largest absolute Gasteiger partial charge is 0.343 e. The summed E-state index contributed by atoms with van der Waals surface area (Å²) in [4.78, 5) is 13.2. The fourth-order valence-electron chi connectivity index (χ4n) is 2.68. The van der Waals surface area contributed by atoms with Gasteiger partial charge in [0.15, 0.2) is 0 Å². The van der Waals surface area contributed by atoms with E-state index in [1.165, 1.54) is 19.3 Å². The molecule has 1 heterocycles. The van der Waals surface area contributed by atoms with E-state index in [1.54, 1.807) is 6.92 Å². The third-order valence-electron chi connectivity index (χ3n) is 3.64. The third-order valence-corrected chi connectivity index (χ3v) is 3.64. The smallest absolute Gasteiger partial charge is 0.219 e. The van der Waals surface area contributed by atoms with E-state index >= 15 is 0 Å². The fraction of sp³-hybridized carbons (Fsp3) is 0.909. The normalized spacial score (nSPS) is 29.3. The first kappa shape index (κ1) is 9.97. The summed E-state index contributed by atoms with van der Waals surface area (Å²) < 4.78 is 0. The molecule has 0 radical (unpaired) electrons. The summed E-state index contributed by atoms with van der Waals surface area (Å²) in [5.74, 6) is 1.81. The van der Waals surface area contributed by atoms with Crippen molar-refractivity contribution in [3.8, 4) is 0 Å². The quantitative estimate of drug-likeness (QED) is 0.726. The van der Waals surface area contributed by atoms with Crippen LogP contribution in [0.15, 0.2) is 0 Å². The highest BCUT2D eigenvalue weighted by molar-refractivity contribution is 5.73. The Morgan fingerprint density at radius 3 is 2.50 bits per heavy atom. The zero-order valence-corrected chi connectivity index (χ0v) is 9.12. The molecule has 2 fully saturated rings. The van der Waals surface area contributed by atoms with Crippen LogP contribution in [0.4, 0.5) is 0 Å². The first-order valence-corrected chi connectivity index (χ1v) is 5.65. The van der Waals surface area contributed by atoms with Gasteiger partial charge in [-0.05, 0) is 38.1 Å². The van der Waals surface area contributed by atoms with Crippen molar-refractivity contribution in [2.24, 2.45) is 11.8 Å². The van der Waals surface area contributed by atoms with Gasteiger partial charge in [-0.1, -0.05) is 0 Å². The zero-order valence-electron chi connectivity index (χ0n) is 9.12. The van der Waals surface area contributed by atoms with Gasteiger partial charge in [-0.15, -0.1) is 0 Å². The molecule has 0 spiro atoms. The second-order valence-electron chi connectivity index (χ2n) is 4.67. The Morgan fingerprint density at radius 2 is 2.07 bits per heavy atom. The van der Waals surface area contributed by atoms with Crippen molar-refractivity contribution >= 4 is 5.91 Å². The van der Waals surface area contributed by atoms with E-state index in [9.17, 15) is 4.79 Å². The molecule has 1 aliphatic heterocycles. The molecule has 80 valence electrons. The molecule has 2 rings (SSSR count). The summed E-state index contributed by atoms with van der Waals surface area (Å²) in [6.45, 7) is 3.61. The topological polar surface area (TPSA) is 32.3 Å². The zero-order chi connectivity index (χ0) is 10.1. The van der Waals surface area contributed by atoms with Crippen LogP contribution in [-0.4, -0.2) is 37.0 Å². The van der Waals surface area contributed by atoms with Crippen LogP contribution >= 0.6 is 0 Å². The average molecular weight is 196 g/mol. The van der Waals surface area contributed by atoms with Gasteiger partial charge in [0.1, 0.15) is 0 Å². The van der Waals surface area contributed by atoms with Crippen LogP contribution in [0.5, 0.6) is 0 Å². The summed E-state index contributed by atoms with van der Waals surface area (Å²) in [7, 11) is 2.05. The number of likely N-dealkylation sites (tertiary alicyclic amines) is 1. The minimum absolute atomic E-state index is 0.234. The molecule has 1 N–H and O–H groups in total. The van der Waals surface area contributed by atoms with Gasteiger partial charge in [0.2, 0.25) is 5.91 Å². The molecule has 3 heteroatoms. The SMILES string of the molecule is CNC(C1CC1)C1CCN(C(C)=O)C1. The predicted molar refractivity (Wildman–Crippen MR) is 55.9 cm³/mol. The van der Waals surface area contributed by atoms with E-state index in [0.29, 0.717) is 12.0 Å². The van der Waals surface area contributed by atoms with E-state index in [0.717, 1.165) is 19.0 Å². The summed E-state index contributed by atoms with van der Waals surface area (Å²) >= 11 is 0. The Balaban J connectivity index is 1.89. The summed E-state index contributed by atoms with van der Waals surface area (Å²) in [5.41, 5.74) is 0. The number of carbonyl (C=O) groups is 1. The Kier molecular flexibility index (Phi) is 2.77. The first-order valence-electron chi connectivity index (χ1n) is 5.65. The van der Waals surface area contributed by atoms with Crippen LogP contribution in [0, 0.1) is 11.8 Å². The van der Waals surface area contributed by atoms with Gasteiger partial charge in [-0.25, -0.2) is 0 Å². The van der Waals surface area contributed by atoms with Crippen molar-refractivity contribution in [1.82, 2.24) is 10.2 Å². The lowest BCUT2D eigenvalue weighted by atomic mass is 9.95. The van der Waals surface area contributed by atoms with Crippen molar-refractivity contribution in [2.75, 3.05) is 20.1 Å². The van der Waals surface area contributed by atoms with Gasteiger partial charge in [-0.2, -0.15) is 0 Å². The molecule has 1 amide bonds. The Hall–Kier alpha value is -0.570. The monoisotopic (exact) mass is 196 g/mol. The number of nitrogens with zero attached hydrogens (tertiary/aromatic N) is 1. The second kappa shape index (κ2) is 3.89. The van der Waals surface area contributed by atoms with E-state index in [4.69, 9.17) is 0 Å². The molecular weight excluding hydrogens is 176 g/mol. The van der Waals surface area contributed by atoms with Crippen molar-refractivity contribution in [3.05, 3.63) is 0 Å². The van der Waals surface area contributed by atoms with Crippen molar-refractivity contribution < 1.29 is 4.79 Å². The van der Waals surface area contributed by atoms with E-state index in [1.807, 2.05) is 4.90 Å². The lowest BCUT2D eigenvalue weighted by Crippen LogP contribution is -2.37. The summed E-state index contributed by atoms with van der Waals surface area (Å²) in [6.07, 6.45) is 3.94. The first-order chi connectivity index (χ1) is 6.72. The average Bonchev–Trinajstić information content (AvgIpc) is 2.84. The minimum Gasteiger partial charge on any atom is -0.343 e. The lowest BCUT2D eigenvalue weighted by Gasteiger charge is -2.23. The maximum Gasteiger partial charge on any atom is 0.219 e. The number of carbonyl (C=O) groups excluding carboxylic acids is 1. The number of hydrogen-bond donors (Lipinski definition) is 1. The van der Waals surface area contributed by atoms with Crippen LogP contribution in [0.2, 0.25) is 0 Å². The maximum absolute atomic E-state index is 11.2. The molecule has 2 atom stereocenters. The minimum atomic E-state index is 0.234. The van der Waals surface area contributed by atoms with Gasteiger partial charge >= 0.3 is 0 Å². The molecule has 0 aromatic carbocycles. The molecule has 1 saturated carbocycles. The molecule has 1 saturated heterocycles. The van der Waals surface area contributed by atoms with E-state index < -0.39 is 0 Å². The van der Waals surface area contributed by atoms with E-state index in [2.05, 4.69) is 12.4 Å². The number of amides is 1. The summed E-state index contributed by atoms with van der Waals surface area (Å²) in [6, 6.07) is 0.652. The van der Waals surface area contributed by atoms with Crippen LogP contribution in [0.3, 0.4) is 0 Å². The Bertz CT molecular complexity index is 225. The van der Waals surface area contributed by atoms with Crippen LogP contribution < -0.4 is 5.32 Å². The Morgan fingerprint density at radius 1 is 1.36 bits per heavy atom. The summed E-state index contributed by atoms with van der Waals surface area (Å²) in [5, 5.41) is 3.43. The van der Waals surface area contributed by atoms with Gasteiger partial charge < -0.3 is 10.2 Å². The van der Waals surface area contributed by atoms with Gasteiger partial charge in [0.05, 0.1) is 0 Å². The highest BCUT2D eigenvalue weighted by Gasteiger charge is 2.38. The lowest BCUT2D eigenvalue weighted by molar-refractivity contribution is -0.127. The maximum atomic E-state index is 11.2. The molecule has 0 bridgehead atoms. The van der Waals surface area contributed by atoms with Crippen molar-refractivity contribution in [3.63, 3.8) is 0 Å². The van der Waals surface area contributed by atoms with E-state index in [-0.39, 0.29) is 5.91 Å². The molecule has 0 aromatic rings. The number of nitrogens with one attached hydrogen (secondary N) is 1.